The maximum Gasteiger partial charge on any atom is 0.0794 e. The summed E-state index contributed by atoms with van der Waals surface area (Å²) in [6.07, 6.45) is 3.09. The van der Waals surface area contributed by atoms with Gasteiger partial charge in [0.1, 0.15) is 0 Å². The van der Waals surface area contributed by atoms with Crippen LogP contribution in [0.1, 0.15) is 24.3 Å². The maximum absolute atomic E-state index is 4.20. The van der Waals surface area contributed by atoms with Gasteiger partial charge in [-0.3, -0.25) is 9.88 Å². The molecule has 2 aromatic rings. The largest absolute Gasteiger partial charge is 0.311 e. The van der Waals surface area contributed by atoms with E-state index in [4.69, 9.17) is 0 Å². The second-order valence-electron chi connectivity index (χ2n) is 6.43. The van der Waals surface area contributed by atoms with Gasteiger partial charge in [0, 0.05) is 42.3 Å². The van der Waals surface area contributed by atoms with Crippen molar-refractivity contribution >= 4 is 11.3 Å². The van der Waals surface area contributed by atoms with Gasteiger partial charge in [0.05, 0.1) is 5.51 Å². The van der Waals surface area contributed by atoms with Gasteiger partial charge in [0.2, 0.25) is 0 Å². The van der Waals surface area contributed by atoms with E-state index in [0.717, 1.165) is 26.1 Å². The quantitative estimate of drug-likeness (QED) is 0.941. The highest BCUT2D eigenvalue weighted by Crippen LogP contribution is 2.23. The minimum Gasteiger partial charge on any atom is -0.311 e. The zero-order valence-corrected chi connectivity index (χ0v) is 13.6. The van der Waals surface area contributed by atoms with Crippen molar-refractivity contribution in [3.05, 3.63) is 52.5 Å². The van der Waals surface area contributed by atoms with E-state index < -0.39 is 0 Å². The molecule has 1 fully saturated rings. The molecule has 1 aliphatic rings. The van der Waals surface area contributed by atoms with Gasteiger partial charge in [-0.15, -0.1) is 11.3 Å². The van der Waals surface area contributed by atoms with E-state index in [1.807, 2.05) is 11.7 Å². The number of aromatic nitrogens is 1. The van der Waals surface area contributed by atoms with Crippen LogP contribution in [-0.4, -0.2) is 34.6 Å². The number of nitrogens with zero attached hydrogens (tertiary/aromatic N) is 2. The monoisotopic (exact) mass is 301 g/mol. The number of thiazole rings is 1. The van der Waals surface area contributed by atoms with E-state index in [-0.39, 0.29) is 5.54 Å². The Morgan fingerprint density at radius 3 is 2.86 bits per heavy atom. The number of nitrogens with one attached hydrogen (secondary N) is 1. The van der Waals surface area contributed by atoms with Crippen molar-refractivity contribution in [3.63, 3.8) is 0 Å². The molecule has 1 saturated heterocycles. The first-order chi connectivity index (χ1) is 10.1. The summed E-state index contributed by atoms with van der Waals surface area (Å²) in [5, 5.41) is 3.71. The van der Waals surface area contributed by atoms with Crippen molar-refractivity contribution in [2.45, 2.75) is 38.4 Å². The molecular formula is C17H23N3S. The minimum atomic E-state index is 0.192. The predicted octanol–water partition coefficient (Wildman–Crippen LogP) is 2.94. The summed E-state index contributed by atoms with van der Waals surface area (Å²) in [5.41, 5.74) is 3.52. The van der Waals surface area contributed by atoms with Gasteiger partial charge < -0.3 is 5.32 Å². The van der Waals surface area contributed by atoms with E-state index in [2.05, 4.69) is 59.4 Å². The molecule has 1 aromatic heterocycles. The molecule has 1 unspecified atom stereocenters. The Hall–Kier alpha value is -1.23. The molecule has 0 aliphatic carbocycles. The highest BCUT2D eigenvalue weighted by molar-refractivity contribution is 7.09. The number of hydrogen-bond donors (Lipinski definition) is 1. The van der Waals surface area contributed by atoms with Crippen LogP contribution in [0.4, 0.5) is 0 Å². The molecule has 0 amide bonds. The first kappa shape index (κ1) is 14.7. The lowest BCUT2D eigenvalue weighted by atomic mass is 9.94. The summed E-state index contributed by atoms with van der Waals surface area (Å²) in [5.74, 6) is 0. The van der Waals surface area contributed by atoms with E-state index >= 15 is 0 Å². The van der Waals surface area contributed by atoms with Crippen LogP contribution in [0, 0.1) is 0 Å². The fourth-order valence-electron chi connectivity index (χ4n) is 2.91. The summed E-state index contributed by atoms with van der Waals surface area (Å²) < 4.78 is 0. The normalized spacial score (nSPS) is 22.3. The van der Waals surface area contributed by atoms with Crippen molar-refractivity contribution in [2.24, 2.45) is 0 Å². The van der Waals surface area contributed by atoms with Crippen molar-refractivity contribution in [1.29, 1.82) is 0 Å². The SMILES string of the molecule is CC1(C)CNC(Cc2ccccc2)CN1Cc1cncs1. The molecule has 1 atom stereocenters. The van der Waals surface area contributed by atoms with Crippen molar-refractivity contribution in [2.75, 3.05) is 13.1 Å². The van der Waals surface area contributed by atoms with E-state index in [1.54, 1.807) is 11.3 Å². The van der Waals surface area contributed by atoms with Crippen molar-refractivity contribution in [1.82, 2.24) is 15.2 Å². The van der Waals surface area contributed by atoms with E-state index in [0.29, 0.717) is 6.04 Å². The summed E-state index contributed by atoms with van der Waals surface area (Å²) in [4.78, 5) is 8.14. The standard InChI is InChI=1S/C17H23N3S/c1-17(2)12-19-15(8-14-6-4-3-5-7-14)10-20(17)11-16-9-18-13-21-16/h3-7,9,13,15,19H,8,10-12H2,1-2H3. The molecule has 0 radical (unpaired) electrons. The highest BCUT2D eigenvalue weighted by atomic mass is 32.1. The van der Waals surface area contributed by atoms with Crippen LogP contribution in [0.3, 0.4) is 0 Å². The Labute approximate surface area is 131 Å². The first-order valence-electron chi connectivity index (χ1n) is 7.53. The van der Waals surface area contributed by atoms with Gasteiger partial charge in [0.15, 0.2) is 0 Å². The third kappa shape index (κ3) is 3.70. The molecular weight excluding hydrogens is 278 g/mol. The highest BCUT2D eigenvalue weighted by Gasteiger charge is 2.33. The number of rotatable bonds is 4. The molecule has 2 heterocycles. The Balaban J connectivity index is 1.66. The van der Waals surface area contributed by atoms with E-state index in [1.165, 1.54) is 10.4 Å². The molecule has 0 saturated carbocycles. The fourth-order valence-corrected chi connectivity index (χ4v) is 3.52. The lowest BCUT2D eigenvalue weighted by Gasteiger charge is -2.46. The maximum atomic E-state index is 4.20. The van der Waals surface area contributed by atoms with Gasteiger partial charge >= 0.3 is 0 Å². The molecule has 3 rings (SSSR count). The molecule has 3 nitrogen and oxygen atoms in total. The smallest absolute Gasteiger partial charge is 0.0794 e. The Bertz CT molecular complexity index is 551. The fraction of sp³-hybridized carbons (Fsp3) is 0.471. The van der Waals surface area contributed by atoms with Crippen LogP contribution < -0.4 is 5.32 Å². The van der Waals surface area contributed by atoms with Crippen LogP contribution in [0.2, 0.25) is 0 Å². The average Bonchev–Trinajstić information content (AvgIpc) is 2.97. The third-order valence-corrected chi connectivity index (χ3v) is 5.04. The minimum absolute atomic E-state index is 0.192. The van der Waals surface area contributed by atoms with Gasteiger partial charge in [-0.2, -0.15) is 0 Å². The lowest BCUT2D eigenvalue weighted by molar-refractivity contribution is 0.0595. The summed E-state index contributed by atoms with van der Waals surface area (Å²) >= 11 is 1.75. The molecule has 0 spiro atoms. The van der Waals surface area contributed by atoms with Crippen molar-refractivity contribution < 1.29 is 0 Å². The Morgan fingerprint density at radius 2 is 2.14 bits per heavy atom. The third-order valence-electron chi connectivity index (χ3n) is 4.28. The van der Waals surface area contributed by atoms with Gasteiger partial charge in [-0.1, -0.05) is 30.3 Å². The van der Waals surface area contributed by atoms with E-state index in [9.17, 15) is 0 Å². The number of hydrogen-bond acceptors (Lipinski definition) is 4. The van der Waals surface area contributed by atoms with Crippen molar-refractivity contribution in [3.8, 4) is 0 Å². The van der Waals surface area contributed by atoms with Crippen LogP contribution in [0.5, 0.6) is 0 Å². The Kier molecular flexibility index (Phi) is 4.38. The molecule has 1 aromatic carbocycles. The second-order valence-corrected chi connectivity index (χ2v) is 7.40. The molecule has 1 N–H and O–H groups in total. The van der Waals surface area contributed by atoms with Crippen LogP contribution in [-0.2, 0) is 13.0 Å². The van der Waals surface area contributed by atoms with Gasteiger partial charge in [-0.25, -0.2) is 0 Å². The zero-order valence-electron chi connectivity index (χ0n) is 12.7. The van der Waals surface area contributed by atoms with Gasteiger partial charge in [0.25, 0.3) is 0 Å². The Morgan fingerprint density at radius 1 is 1.33 bits per heavy atom. The van der Waals surface area contributed by atoms with Crippen LogP contribution >= 0.6 is 11.3 Å². The molecule has 21 heavy (non-hydrogen) atoms. The zero-order chi connectivity index (χ0) is 14.7. The average molecular weight is 301 g/mol. The summed E-state index contributed by atoms with van der Waals surface area (Å²) in [7, 11) is 0. The predicted molar refractivity (Wildman–Crippen MR) is 88.5 cm³/mol. The van der Waals surface area contributed by atoms with Crippen LogP contribution in [0.15, 0.2) is 42.0 Å². The summed E-state index contributed by atoms with van der Waals surface area (Å²) in [6.45, 7) is 7.76. The second kappa shape index (κ2) is 6.26. The molecule has 0 bridgehead atoms. The topological polar surface area (TPSA) is 28.2 Å². The molecule has 1 aliphatic heterocycles. The number of piperazine rings is 1. The molecule has 112 valence electrons. The van der Waals surface area contributed by atoms with Gasteiger partial charge in [-0.05, 0) is 25.8 Å². The molecule has 4 heteroatoms. The lowest BCUT2D eigenvalue weighted by Crippen LogP contribution is -2.61. The summed E-state index contributed by atoms with van der Waals surface area (Å²) in [6, 6.07) is 11.3. The first-order valence-corrected chi connectivity index (χ1v) is 8.41. The number of benzene rings is 1. The van der Waals surface area contributed by atoms with Crippen LogP contribution in [0.25, 0.3) is 0 Å².